The van der Waals surface area contributed by atoms with E-state index in [0.717, 1.165) is 30.2 Å². The van der Waals surface area contributed by atoms with Crippen LogP contribution in [0.4, 0.5) is 0 Å². The maximum atomic E-state index is 5.76. The van der Waals surface area contributed by atoms with Crippen LogP contribution < -0.4 is 0 Å². The molecule has 1 aromatic rings. The predicted molar refractivity (Wildman–Crippen MR) is 67.1 cm³/mol. The van der Waals surface area contributed by atoms with Crippen LogP contribution in [-0.4, -0.2) is 25.3 Å². The van der Waals surface area contributed by atoms with Gasteiger partial charge in [-0.25, -0.2) is 4.98 Å². The molecule has 0 aliphatic rings. The van der Waals surface area contributed by atoms with E-state index in [-0.39, 0.29) is 6.10 Å². The SMILES string of the molecule is CCC(OCCCOC)c1nc(CCl)cs1. The van der Waals surface area contributed by atoms with E-state index in [1.54, 1.807) is 18.4 Å². The lowest BCUT2D eigenvalue weighted by atomic mass is 10.3. The molecule has 16 heavy (non-hydrogen) atoms. The molecule has 0 aromatic carbocycles. The van der Waals surface area contributed by atoms with Gasteiger partial charge in [0.05, 0.1) is 11.6 Å². The Morgan fingerprint density at radius 1 is 1.50 bits per heavy atom. The molecule has 0 bridgehead atoms. The second-order valence-corrected chi connectivity index (χ2v) is 4.58. The zero-order valence-corrected chi connectivity index (χ0v) is 11.3. The number of hydrogen-bond donors (Lipinski definition) is 0. The molecule has 0 radical (unpaired) electrons. The zero-order chi connectivity index (χ0) is 11.8. The first kappa shape index (κ1) is 13.9. The van der Waals surface area contributed by atoms with Crippen molar-refractivity contribution in [1.82, 2.24) is 4.98 Å². The standard InChI is InChI=1S/C11H18ClNO2S/c1-3-10(15-6-4-5-14-2)11-13-9(7-12)8-16-11/h8,10H,3-7H2,1-2H3. The Kier molecular flexibility index (Phi) is 6.96. The molecule has 1 unspecified atom stereocenters. The fourth-order valence-electron chi connectivity index (χ4n) is 1.32. The molecule has 1 atom stereocenters. The molecule has 1 aromatic heterocycles. The van der Waals surface area contributed by atoms with Gasteiger partial charge in [-0.2, -0.15) is 0 Å². The second-order valence-electron chi connectivity index (χ2n) is 3.42. The minimum Gasteiger partial charge on any atom is -0.385 e. The highest BCUT2D eigenvalue weighted by molar-refractivity contribution is 7.09. The van der Waals surface area contributed by atoms with Crippen LogP contribution in [0.2, 0.25) is 0 Å². The molecule has 5 heteroatoms. The Morgan fingerprint density at radius 3 is 2.88 bits per heavy atom. The number of rotatable bonds is 8. The molecule has 3 nitrogen and oxygen atoms in total. The summed E-state index contributed by atoms with van der Waals surface area (Å²) in [5, 5.41) is 3.01. The number of alkyl halides is 1. The van der Waals surface area contributed by atoms with Crippen molar-refractivity contribution in [2.75, 3.05) is 20.3 Å². The van der Waals surface area contributed by atoms with E-state index in [2.05, 4.69) is 11.9 Å². The Balaban J connectivity index is 2.40. The highest BCUT2D eigenvalue weighted by Crippen LogP contribution is 2.25. The third-order valence-corrected chi connectivity index (χ3v) is 3.42. The Morgan fingerprint density at radius 2 is 2.31 bits per heavy atom. The molecule has 0 aliphatic carbocycles. The van der Waals surface area contributed by atoms with Crippen molar-refractivity contribution in [3.63, 3.8) is 0 Å². The van der Waals surface area contributed by atoms with E-state index in [9.17, 15) is 0 Å². The summed E-state index contributed by atoms with van der Waals surface area (Å²) < 4.78 is 10.7. The van der Waals surface area contributed by atoms with Gasteiger partial charge in [0.2, 0.25) is 0 Å². The minimum absolute atomic E-state index is 0.0961. The lowest BCUT2D eigenvalue weighted by molar-refractivity contribution is 0.0363. The van der Waals surface area contributed by atoms with Gasteiger partial charge in [0.15, 0.2) is 0 Å². The maximum absolute atomic E-state index is 5.76. The van der Waals surface area contributed by atoms with Gasteiger partial charge in [0.25, 0.3) is 0 Å². The molecule has 0 saturated carbocycles. The van der Waals surface area contributed by atoms with Crippen molar-refractivity contribution in [1.29, 1.82) is 0 Å². The van der Waals surface area contributed by atoms with Crippen LogP contribution in [0.5, 0.6) is 0 Å². The molecule has 0 spiro atoms. The summed E-state index contributed by atoms with van der Waals surface area (Å²) >= 11 is 7.34. The van der Waals surface area contributed by atoms with Gasteiger partial charge in [-0.15, -0.1) is 22.9 Å². The average molecular weight is 264 g/mol. The van der Waals surface area contributed by atoms with E-state index in [0.29, 0.717) is 12.5 Å². The topological polar surface area (TPSA) is 31.4 Å². The molecule has 1 heterocycles. The van der Waals surface area contributed by atoms with Crippen molar-refractivity contribution in [2.45, 2.75) is 31.7 Å². The molecular formula is C11H18ClNO2S. The number of ether oxygens (including phenoxy) is 2. The summed E-state index contributed by atoms with van der Waals surface area (Å²) in [6, 6.07) is 0. The number of aromatic nitrogens is 1. The lowest BCUT2D eigenvalue weighted by Crippen LogP contribution is -2.06. The van der Waals surface area contributed by atoms with Crippen LogP contribution in [0.3, 0.4) is 0 Å². The van der Waals surface area contributed by atoms with Gasteiger partial charge >= 0.3 is 0 Å². The minimum atomic E-state index is 0.0961. The second kappa shape index (κ2) is 8.01. The van der Waals surface area contributed by atoms with E-state index in [1.165, 1.54) is 0 Å². The fourth-order valence-corrected chi connectivity index (χ4v) is 2.50. The van der Waals surface area contributed by atoms with Crippen LogP contribution in [0.15, 0.2) is 5.38 Å². The molecule has 92 valence electrons. The quantitative estimate of drug-likeness (QED) is 0.532. The van der Waals surface area contributed by atoms with Gasteiger partial charge in [-0.1, -0.05) is 6.92 Å². The van der Waals surface area contributed by atoms with Crippen LogP contribution in [0.25, 0.3) is 0 Å². The zero-order valence-electron chi connectivity index (χ0n) is 9.74. The third-order valence-electron chi connectivity index (χ3n) is 2.16. The summed E-state index contributed by atoms with van der Waals surface area (Å²) in [5.41, 5.74) is 0.931. The van der Waals surface area contributed by atoms with Gasteiger partial charge in [0.1, 0.15) is 11.1 Å². The van der Waals surface area contributed by atoms with Gasteiger partial charge in [0, 0.05) is 25.7 Å². The normalized spacial score (nSPS) is 12.9. The summed E-state index contributed by atoms with van der Waals surface area (Å²) in [6.07, 6.45) is 1.95. The molecule has 0 fully saturated rings. The van der Waals surface area contributed by atoms with Crippen molar-refractivity contribution in [2.24, 2.45) is 0 Å². The molecule has 1 rings (SSSR count). The van der Waals surface area contributed by atoms with E-state index >= 15 is 0 Å². The van der Waals surface area contributed by atoms with E-state index < -0.39 is 0 Å². The number of halogens is 1. The summed E-state index contributed by atoms with van der Waals surface area (Å²) in [6.45, 7) is 3.55. The largest absolute Gasteiger partial charge is 0.385 e. The molecule has 0 N–H and O–H groups in total. The highest BCUT2D eigenvalue weighted by atomic mass is 35.5. The van der Waals surface area contributed by atoms with Gasteiger partial charge in [-0.3, -0.25) is 0 Å². The molecule has 0 amide bonds. The maximum Gasteiger partial charge on any atom is 0.122 e. The predicted octanol–water partition coefficient (Wildman–Crippen LogP) is 3.39. The number of thiazole rings is 1. The van der Waals surface area contributed by atoms with E-state index in [4.69, 9.17) is 21.1 Å². The fraction of sp³-hybridized carbons (Fsp3) is 0.727. The van der Waals surface area contributed by atoms with Gasteiger partial charge < -0.3 is 9.47 Å². The first-order valence-corrected chi connectivity index (χ1v) is 6.84. The van der Waals surface area contributed by atoms with Crippen molar-refractivity contribution < 1.29 is 9.47 Å². The Labute approximate surface area is 106 Å². The van der Waals surface area contributed by atoms with Crippen molar-refractivity contribution >= 4 is 22.9 Å². The van der Waals surface area contributed by atoms with Crippen LogP contribution >= 0.6 is 22.9 Å². The lowest BCUT2D eigenvalue weighted by Gasteiger charge is -2.13. The summed E-state index contributed by atoms with van der Waals surface area (Å²) in [4.78, 5) is 4.43. The number of methoxy groups -OCH3 is 1. The van der Waals surface area contributed by atoms with Crippen LogP contribution in [0, 0.1) is 0 Å². The van der Waals surface area contributed by atoms with Crippen LogP contribution in [0.1, 0.15) is 36.6 Å². The number of nitrogens with zero attached hydrogens (tertiary/aromatic N) is 1. The summed E-state index contributed by atoms with van der Waals surface area (Å²) in [7, 11) is 1.70. The Bertz CT molecular complexity index is 293. The summed E-state index contributed by atoms with van der Waals surface area (Å²) in [5.74, 6) is 0.469. The molecule has 0 saturated heterocycles. The van der Waals surface area contributed by atoms with E-state index in [1.807, 2.05) is 5.38 Å². The van der Waals surface area contributed by atoms with Crippen LogP contribution in [-0.2, 0) is 15.4 Å². The average Bonchev–Trinajstić information content (AvgIpc) is 2.78. The Hall–Kier alpha value is -0.160. The van der Waals surface area contributed by atoms with Crippen molar-refractivity contribution in [3.05, 3.63) is 16.1 Å². The smallest absolute Gasteiger partial charge is 0.122 e. The first-order chi connectivity index (χ1) is 7.81. The van der Waals surface area contributed by atoms with Crippen molar-refractivity contribution in [3.8, 4) is 0 Å². The third kappa shape index (κ3) is 4.37. The van der Waals surface area contributed by atoms with Gasteiger partial charge in [-0.05, 0) is 12.8 Å². The first-order valence-electron chi connectivity index (χ1n) is 5.42. The molecular weight excluding hydrogens is 246 g/mol. The monoisotopic (exact) mass is 263 g/mol. The highest BCUT2D eigenvalue weighted by Gasteiger charge is 2.13. The number of hydrogen-bond acceptors (Lipinski definition) is 4. The molecule has 0 aliphatic heterocycles.